The summed E-state index contributed by atoms with van der Waals surface area (Å²) in [6, 6.07) is 6.46. The smallest absolute Gasteiger partial charge is 0.131 e. The van der Waals surface area contributed by atoms with Crippen molar-refractivity contribution < 1.29 is 13.2 Å². The Balaban J connectivity index is 2.53. The predicted molar refractivity (Wildman–Crippen MR) is 77.8 cm³/mol. The molecule has 0 bridgehead atoms. The van der Waals surface area contributed by atoms with Gasteiger partial charge in [0.15, 0.2) is 0 Å². The Morgan fingerprint density at radius 1 is 1.00 bits per heavy atom. The molecular weight excluding hydrogens is 275 g/mol. The van der Waals surface area contributed by atoms with E-state index in [0.717, 1.165) is 11.6 Å². The van der Waals surface area contributed by atoms with Crippen LogP contribution in [0.2, 0.25) is 0 Å². The Labute approximate surface area is 122 Å². The molecule has 0 spiro atoms. The van der Waals surface area contributed by atoms with E-state index in [4.69, 9.17) is 0 Å². The van der Waals surface area contributed by atoms with Crippen LogP contribution in [0.1, 0.15) is 35.2 Å². The highest BCUT2D eigenvalue weighted by Crippen LogP contribution is 2.27. The first kappa shape index (κ1) is 15.6. The molecule has 112 valence electrons. The lowest BCUT2D eigenvalue weighted by molar-refractivity contribution is 0.539. The average molecular weight is 293 g/mol. The van der Waals surface area contributed by atoms with Gasteiger partial charge in [-0.15, -0.1) is 0 Å². The first-order chi connectivity index (χ1) is 9.93. The van der Waals surface area contributed by atoms with Crippen LogP contribution in [0.15, 0.2) is 30.3 Å². The van der Waals surface area contributed by atoms with E-state index in [1.807, 2.05) is 6.92 Å². The number of halogens is 3. The lowest BCUT2D eigenvalue weighted by Gasteiger charge is -2.21. The van der Waals surface area contributed by atoms with E-state index in [0.29, 0.717) is 23.2 Å². The molecule has 0 radical (unpaired) electrons. The Morgan fingerprint density at radius 3 is 2.14 bits per heavy atom. The largest absolute Gasteiger partial charge is 0.306 e. The summed E-state index contributed by atoms with van der Waals surface area (Å²) >= 11 is 0. The third kappa shape index (κ3) is 3.27. The number of benzene rings is 2. The first-order valence-electron chi connectivity index (χ1n) is 6.89. The molecule has 1 atom stereocenters. The molecule has 0 aliphatic heterocycles. The minimum Gasteiger partial charge on any atom is -0.306 e. The molecule has 2 aromatic carbocycles. The highest BCUT2D eigenvalue weighted by molar-refractivity contribution is 5.38. The number of rotatable bonds is 4. The number of hydrogen-bond acceptors (Lipinski definition) is 1. The molecule has 0 amide bonds. The lowest BCUT2D eigenvalue weighted by atomic mass is 9.94. The zero-order valence-electron chi connectivity index (χ0n) is 12.3. The second-order valence-electron chi connectivity index (χ2n) is 5.13. The predicted octanol–water partition coefficient (Wildman–Crippen LogP) is 4.42. The SMILES string of the molecule is CCNC(c1cc(C)c(F)c(C)c1)c1ccc(F)cc1F. The third-order valence-corrected chi connectivity index (χ3v) is 3.47. The molecule has 0 aliphatic carbocycles. The van der Waals surface area contributed by atoms with Crippen LogP contribution in [0.25, 0.3) is 0 Å². The van der Waals surface area contributed by atoms with Gasteiger partial charge in [-0.2, -0.15) is 0 Å². The molecule has 1 nitrogen and oxygen atoms in total. The van der Waals surface area contributed by atoms with Crippen LogP contribution in [-0.4, -0.2) is 6.54 Å². The summed E-state index contributed by atoms with van der Waals surface area (Å²) < 4.78 is 40.9. The van der Waals surface area contributed by atoms with Gasteiger partial charge < -0.3 is 5.32 Å². The molecule has 0 aliphatic rings. The molecule has 0 saturated carbocycles. The van der Waals surface area contributed by atoms with Crippen molar-refractivity contribution in [1.82, 2.24) is 5.32 Å². The molecule has 4 heteroatoms. The van der Waals surface area contributed by atoms with Gasteiger partial charge in [-0.05, 0) is 43.1 Å². The fraction of sp³-hybridized carbons (Fsp3) is 0.294. The molecule has 1 N–H and O–H groups in total. The molecular formula is C17H18F3N. The van der Waals surface area contributed by atoms with E-state index in [1.54, 1.807) is 26.0 Å². The van der Waals surface area contributed by atoms with Gasteiger partial charge >= 0.3 is 0 Å². The summed E-state index contributed by atoms with van der Waals surface area (Å²) in [6.45, 7) is 5.86. The van der Waals surface area contributed by atoms with Crippen molar-refractivity contribution in [2.45, 2.75) is 26.8 Å². The molecule has 2 rings (SSSR count). The van der Waals surface area contributed by atoms with E-state index in [9.17, 15) is 13.2 Å². The second-order valence-corrected chi connectivity index (χ2v) is 5.13. The summed E-state index contributed by atoms with van der Waals surface area (Å²) in [6.07, 6.45) is 0. The van der Waals surface area contributed by atoms with Crippen molar-refractivity contribution in [1.29, 1.82) is 0 Å². The maximum Gasteiger partial charge on any atom is 0.131 e. The summed E-state index contributed by atoms with van der Waals surface area (Å²) in [5, 5.41) is 3.16. The molecule has 0 aromatic heterocycles. The van der Waals surface area contributed by atoms with Crippen LogP contribution >= 0.6 is 0 Å². The van der Waals surface area contributed by atoms with E-state index in [2.05, 4.69) is 5.32 Å². The third-order valence-electron chi connectivity index (χ3n) is 3.47. The summed E-state index contributed by atoms with van der Waals surface area (Å²) in [4.78, 5) is 0. The van der Waals surface area contributed by atoms with Crippen LogP contribution in [0.5, 0.6) is 0 Å². The van der Waals surface area contributed by atoms with Crippen LogP contribution in [-0.2, 0) is 0 Å². The van der Waals surface area contributed by atoms with Crippen molar-refractivity contribution in [3.05, 3.63) is 70.0 Å². The quantitative estimate of drug-likeness (QED) is 0.880. The first-order valence-corrected chi connectivity index (χ1v) is 6.89. The van der Waals surface area contributed by atoms with Crippen LogP contribution < -0.4 is 5.32 Å². The number of nitrogens with one attached hydrogen (secondary N) is 1. The Bertz CT molecular complexity index is 629. The van der Waals surface area contributed by atoms with Crippen molar-refractivity contribution >= 4 is 0 Å². The Kier molecular flexibility index (Phi) is 4.68. The average Bonchev–Trinajstić information content (AvgIpc) is 2.42. The van der Waals surface area contributed by atoms with Crippen LogP contribution in [0, 0.1) is 31.3 Å². The van der Waals surface area contributed by atoms with Crippen LogP contribution in [0.4, 0.5) is 13.2 Å². The Morgan fingerprint density at radius 2 is 1.62 bits per heavy atom. The molecule has 1 unspecified atom stereocenters. The van der Waals surface area contributed by atoms with Gasteiger partial charge in [-0.1, -0.05) is 25.1 Å². The van der Waals surface area contributed by atoms with Crippen molar-refractivity contribution in [3.8, 4) is 0 Å². The number of aryl methyl sites for hydroxylation is 2. The van der Waals surface area contributed by atoms with E-state index in [-0.39, 0.29) is 5.82 Å². The topological polar surface area (TPSA) is 12.0 Å². The van der Waals surface area contributed by atoms with Gasteiger partial charge in [0, 0.05) is 11.6 Å². The lowest BCUT2D eigenvalue weighted by Crippen LogP contribution is -2.23. The van der Waals surface area contributed by atoms with Gasteiger partial charge in [0.05, 0.1) is 6.04 Å². The van der Waals surface area contributed by atoms with Crippen molar-refractivity contribution in [2.24, 2.45) is 0 Å². The standard InChI is InChI=1S/C17H18F3N/c1-4-21-17(14-6-5-13(18)9-15(14)19)12-7-10(2)16(20)11(3)8-12/h5-9,17,21H,4H2,1-3H3. The van der Waals surface area contributed by atoms with E-state index in [1.165, 1.54) is 12.1 Å². The van der Waals surface area contributed by atoms with Gasteiger partial charge in [0.25, 0.3) is 0 Å². The minimum absolute atomic E-state index is 0.256. The summed E-state index contributed by atoms with van der Waals surface area (Å²) in [7, 11) is 0. The minimum atomic E-state index is -0.613. The monoisotopic (exact) mass is 293 g/mol. The molecule has 0 fully saturated rings. The second kappa shape index (κ2) is 6.31. The summed E-state index contributed by atoms with van der Waals surface area (Å²) in [5.74, 6) is -1.48. The van der Waals surface area contributed by atoms with Crippen molar-refractivity contribution in [2.75, 3.05) is 6.54 Å². The van der Waals surface area contributed by atoms with Gasteiger partial charge in [-0.3, -0.25) is 0 Å². The highest BCUT2D eigenvalue weighted by atomic mass is 19.1. The fourth-order valence-corrected chi connectivity index (χ4v) is 2.49. The van der Waals surface area contributed by atoms with Gasteiger partial charge in [0.2, 0.25) is 0 Å². The van der Waals surface area contributed by atoms with Gasteiger partial charge in [-0.25, -0.2) is 13.2 Å². The van der Waals surface area contributed by atoms with E-state index >= 15 is 0 Å². The maximum atomic E-state index is 14.0. The Hall–Kier alpha value is -1.81. The summed E-state index contributed by atoms with van der Waals surface area (Å²) in [5.41, 5.74) is 2.13. The normalized spacial score (nSPS) is 12.5. The van der Waals surface area contributed by atoms with Gasteiger partial charge in [0.1, 0.15) is 17.5 Å². The molecule has 0 saturated heterocycles. The van der Waals surface area contributed by atoms with E-state index < -0.39 is 17.7 Å². The molecule has 21 heavy (non-hydrogen) atoms. The molecule has 2 aromatic rings. The zero-order chi connectivity index (χ0) is 15.6. The maximum absolute atomic E-state index is 14.0. The number of hydrogen-bond donors (Lipinski definition) is 1. The molecule has 0 heterocycles. The zero-order valence-corrected chi connectivity index (χ0v) is 12.3. The highest BCUT2D eigenvalue weighted by Gasteiger charge is 2.19. The van der Waals surface area contributed by atoms with Crippen LogP contribution in [0.3, 0.4) is 0 Å². The fourth-order valence-electron chi connectivity index (χ4n) is 2.49. The van der Waals surface area contributed by atoms with Crippen molar-refractivity contribution in [3.63, 3.8) is 0 Å².